The second kappa shape index (κ2) is 7.41. The number of rotatable bonds is 3. The van der Waals surface area contributed by atoms with Crippen LogP contribution >= 0.6 is 24.0 Å². The third-order valence-corrected chi connectivity index (χ3v) is 3.44. The lowest BCUT2D eigenvalue weighted by Gasteiger charge is -2.33. The molecule has 1 N–H and O–H groups in total. The molecule has 0 aromatic carbocycles. The molecule has 0 amide bonds. The molecule has 1 saturated carbocycles. The number of nitrogens with one attached hydrogen (secondary N) is 1. The Labute approximate surface area is 121 Å². The Hall–Kier alpha value is -0.0400. The number of piperidine rings is 1. The largest absolute Gasteiger partial charge is 0.378 e. The van der Waals surface area contributed by atoms with E-state index >= 15 is 0 Å². The number of halogens is 1. The zero-order valence-corrected chi connectivity index (χ0v) is 13.1. The molecule has 2 rings (SSSR count). The smallest absolute Gasteiger partial charge is 0.193 e. The molecule has 0 aromatic rings. The zero-order valence-electron chi connectivity index (χ0n) is 10.8. The summed E-state index contributed by atoms with van der Waals surface area (Å²) in [5.41, 5.74) is 0. The van der Waals surface area contributed by atoms with Gasteiger partial charge in [0.05, 0.1) is 6.10 Å². The Kier molecular flexibility index (Phi) is 6.54. The summed E-state index contributed by atoms with van der Waals surface area (Å²) >= 11 is 0. The maximum atomic E-state index is 5.92. The van der Waals surface area contributed by atoms with Gasteiger partial charge in [-0.25, -0.2) is 0 Å². The molecule has 5 heteroatoms. The lowest BCUT2D eigenvalue weighted by Crippen LogP contribution is -2.45. The maximum absolute atomic E-state index is 5.92. The summed E-state index contributed by atoms with van der Waals surface area (Å²) in [6.07, 6.45) is 5.50. The van der Waals surface area contributed by atoms with Crippen LogP contribution in [0, 0.1) is 5.92 Å². The average Bonchev–Trinajstić information content (AvgIpc) is 3.13. The summed E-state index contributed by atoms with van der Waals surface area (Å²) in [5, 5.41) is 3.13. The fourth-order valence-corrected chi connectivity index (χ4v) is 2.20. The Morgan fingerprint density at radius 1 is 1.29 bits per heavy atom. The van der Waals surface area contributed by atoms with Crippen molar-refractivity contribution in [3.63, 3.8) is 0 Å². The molecule has 2 fully saturated rings. The van der Waals surface area contributed by atoms with Gasteiger partial charge in [-0.1, -0.05) is 0 Å². The first-order valence-electron chi connectivity index (χ1n) is 6.34. The summed E-state index contributed by atoms with van der Waals surface area (Å²) in [4.78, 5) is 6.53. The Balaban J connectivity index is 0.00000144. The zero-order chi connectivity index (χ0) is 11.4. The van der Waals surface area contributed by atoms with Crippen molar-refractivity contribution in [2.45, 2.75) is 31.8 Å². The van der Waals surface area contributed by atoms with Gasteiger partial charge in [-0.15, -0.1) is 24.0 Å². The van der Waals surface area contributed by atoms with Crippen molar-refractivity contribution in [3.8, 4) is 0 Å². The van der Waals surface area contributed by atoms with Crippen molar-refractivity contribution < 1.29 is 4.74 Å². The molecule has 1 aliphatic carbocycles. The lowest BCUT2D eigenvalue weighted by molar-refractivity contribution is 0.0131. The third-order valence-electron chi connectivity index (χ3n) is 3.44. The molecule has 1 aliphatic heterocycles. The minimum Gasteiger partial charge on any atom is -0.378 e. The maximum Gasteiger partial charge on any atom is 0.193 e. The predicted molar refractivity (Wildman–Crippen MR) is 81.1 cm³/mol. The normalized spacial score (nSPS) is 22.2. The number of likely N-dealkylation sites (tertiary alicyclic amines) is 1. The number of ether oxygens (including phenoxy) is 1. The van der Waals surface area contributed by atoms with Gasteiger partial charge in [0.1, 0.15) is 0 Å². The van der Waals surface area contributed by atoms with E-state index in [1.165, 1.54) is 12.8 Å². The van der Waals surface area contributed by atoms with Gasteiger partial charge in [-0.3, -0.25) is 4.99 Å². The molecular formula is C12H24IN3O. The van der Waals surface area contributed by atoms with E-state index in [1.807, 2.05) is 14.1 Å². The van der Waals surface area contributed by atoms with Crippen molar-refractivity contribution in [2.75, 3.05) is 33.8 Å². The van der Waals surface area contributed by atoms with Crippen LogP contribution in [0.3, 0.4) is 0 Å². The van der Waals surface area contributed by atoms with E-state index in [2.05, 4.69) is 15.2 Å². The fourth-order valence-electron chi connectivity index (χ4n) is 2.20. The highest BCUT2D eigenvalue weighted by atomic mass is 127. The summed E-state index contributed by atoms with van der Waals surface area (Å²) in [6, 6.07) is 0. The van der Waals surface area contributed by atoms with Gasteiger partial charge < -0.3 is 15.0 Å². The van der Waals surface area contributed by atoms with Crippen LogP contribution in [0.2, 0.25) is 0 Å². The van der Waals surface area contributed by atoms with Gasteiger partial charge in [0, 0.05) is 33.8 Å². The van der Waals surface area contributed by atoms with Crippen LogP contribution in [0.15, 0.2) is 4.99 Å². The lowest BCUT2D eigenvalue weighted by atomic mass is 10.1. The molecular weight excluding hydrogens is 329 g/mol. The van der Waals surface area contributed by atoms with E-state index in [1.54, 1.807) is 0 Å². The molecule has 1 heterocycles. The summed E-state index contributed by atoms with van der Waals surface area (Å²) < 4.78 is 5.92. The topological polar surface area (TPSA) is 36.9 Å². The summed E-state index contributed by atoms with van der Waals surface area (Å²) in [7, 11) is 3.76. The number of nitrogens with zero attached hydrogens (tertiary/aromatic N) is 2. The van der Waals surface area contributed by atoms with Gasteiger partial charge >= 0.3 is 0 Å². The molecule has 0 bridgehead atoms. The summed E-state index contributed by atoms with van der Waals surface area (Å²) in [6.45, 7) is 3.11. The first-order chi connectivity index (χ1) is 7.83. The quantitative estimate of drug-likeness (QED) is 0.477. The molecule has 0 atom stereocenters. The van der Waals surface area contributed by atoms with Crippen LogP contribution in [0.4, 0.5) is 0 Å². The molecule has 100 valence electrons. The van der Waals surface area contributed by atoms with Gasteiger partial charge in [0.2, 0.25) is 0 Å². The highest BCUT2D eigenvalue weighted by molar-refractivity contribution is 14.0. The number of aliphatic imine (C=N–C) groups is 1. The minimum atomic E-state index is 0. The standard InChI is InChI=1S/C12H23N3O.HI/c1-13-12(14-2)15-7-5-11(6-8-15)16-9-10-3-4-10;/h10-11H,3-9H2,1-2H3,(H,13,14);1H. The van der Waals surface area contributed by atoms with Crippen LogP contribution in [-0.4, -0.2) is 50.8 Å². The number of guanidine groups is 1. The Morgan fingerprint density at radius 2 is 1.94 bits per heavy atom. The van der Waals surface area contributed by atoms with Gasteiger partial charge in [0.25, 0.3) is 0 Å². The highest BCUT2D eigenvalue weighted by Gasteiger charge is 2.25. The first kappa shape index (κ1) is 15.0. The van der Waals surface area contributed by atoms with E-state index in [0.717, 1.165) is 44.4 Å². The fraction of sp³-hybridized carbons (Fsp3) is 0.917. The molecule has 0 aromatic heterocycles. The van der Waals surface area contributed by atoms with Crippen molar-refractivity contribution in [1.29, 1.82) is 0 Å². The summed E-state index contributed by atoms with van der Waals surface area (Å²) in [5.74, 6) is 1.88. The van der Waals surface area contributed by atoms with E-state index in [0.29, 0.717) is 6.10 Å². The molecule has 0 unspecified atom stereocenters. The number of hydrogen-bond acceptors (Lipinski definition) is 2. The molecule has 17 heavy (non-hydrogen) atoms. The SMILES string of the molecule is CN=C(NC)N1CCC(OCC2CC2)CC1.I. The van der Waals surface area contributed by atoms with Crippen LogP contribution in [0.5, 0.6) is 0 Å². The van der Waals surface area contributed by atoms with Crippen molar-refractivity contribution in [1.82, 2.24) is 10.2 Å². The Bertz CT molecular complexity index is 248. The van der Waals surface area contributed by atoms with Crippen molar-refractivity contribution in [3.05, 3.63) is 0 Å². The molecule has 4 nitrogen and oxygen atoms in total. The van der Waals surface area contributed by atoms with E-state index in [9.17, 15) is 0 Å². The van der Waals surface area contributed by atoms with Crippen molar-refractivity contribution in [2.24, 2.45) is 10.9 Å². The minimum absolute atomic E-state index is 0. The van der Waals surface area contributed by atoms with Gasteiger partial charge in [-0.05, 0) is 31.6 Å². The van der Waals surface area contributed by atoms with E-state index < -0.39 is 0 Å². The molecule has 1 saturated heterocycles. The van der Waals surface area contributed by atoms with Crippen LogP contribution < -0.4 is 5.32 Å². The molecule has 0 radical (unpaired) electrons. The molecule has 0 spiro atoms. The molecule has 2 aliphatic rings. The Morgan fingerprint density at radius 3 is 2.41 bits per heavy atom. The van der Waals surface area contributed by atoms with Crippen molar-refractivity contribution >= 4 is 29.9 Å². The number of hydrogen-bond donors (Lipinski definition) is 1. The van der Waals surface area contributed by atoms with E-state index in [4.69, 9.17) is 4.74 Å². The second-order valence-electron chi connectivity index (χ2n) is 4.76. The highest BCUT2D eigenvalue weighted by Crippen LogP contribution is 2.30. The monoisotopic (exact) mass is 353 g/mol. The van der Waals surface area contributed by atoms with Crippen LogP contribution in [-0.2, 0) is 4.74 Å². The van der Waals surface area contributed by atoms with E-state index in [-0.39, 0.29) is 24.0 Å². The average molecular weight is 353 g/mol. The predicted octanol–water partition coefficient (Wildman–Crippen LogP) is 1.70. The van der Waals surface area contributed by atoms with Gasteiger partial charge in [0.15, 0.2) is 5.96 Å². The van der Waals surface area contributed by atoms with Crippen LogP contribution in [0.25, 0.3) is 0 Å². The second-order valence-corrected chi connectivity index (χ2v) is 4.76. The van der Waals surface area contributed by atoms with Gasteiger partial charge in [-0.2, -0.15) is 0 Å². The third kappa shape index (κ3) is 4.62. The first-order valence-corrected chi connectivity index (χ1v) is 6.34. The van der Waals surface area contributed by atoms with Crippen LogP contribution in [0.1, 0.15) is 25.7 Å².